The van der Waals surface area contributed by atoms with E-state index in [1.165, 1.54) is 6.07 Å². The predicted molar refractivity (Wildman–Crippen MR) is 165 cm³/mol. The molecule has 0 spiro atoms. The van der Waals surface area contributed by atoms with Gasteiger partial charge in [-0.2, -0.15) is 0 Å². The molecule has 0 aliphatic heterocycles. The monoisotopic (exact) mass is 599 g/mol. The molecule has 5 aromatic rings. The maximum Gasteiger partial charge on any atom is 0.294 e. The van der Waals surface area contributed by atoms with Gasteiger partial charge in [0, 0.05) is 23.2 Å². The third-order valence-electron chi connectivity index (χ3n) is 6.71. The molecule has 0 bridgehead atoms. The van der Waals surface area contributed by atoms with Crippen LogP contribution in [0.2, 0.25) is 5.02 Å². The molecule has 8 nitrogen and oxygen atoms in total. The molecule has 0 aliphatic rings. The topological polar surface area (TPSA) is 113 Å². The minimum atomic E-state index is -0.744. The number of amides is 1. The summed E-state index contributed by atoms with van der Waals surface area (Å²) in [7, 11) is 0. The Balaban J connectivity index is 1.25. The molecule has 0 saturated heterocycles. The number of nitrogens with one attached hydrogen (secondary N) is 2. The Morgan fingerprint density at radius 2 is 1.81 bits per heavy atom. The number of anilines is 1. The maximum absolute atomic E-state index is 14.6. The number of aromatic amines is 1. The SMILES string of the molecule is CC(C)(O)CCCOc1ccc(Cl)c(-c2ccnc(NC(=O)c3nnc(Cc4cc(-c5ccccc5)ccc4F)[nH]3)c2)c1. The van der Waals surface area contributed by atoms with Gasteiger partial charge in [-0.05, 0) is 91.4 Å². The van der Waals surface area contributed by atoms with Crippen LogP contribution in [-0.4, -0.2) is 43.4 Å². The molecule has 43 heavy (non-hydrogen) atoms. The van der Waals surface area contributed by atoms with E-state index >= 15 is 0 Å². The van der Waals surface area contributed by atoms with Gasteiger partial charge in [-0.3, -0.25) is 4.79 Å². The molecule has 0 fully saturated rings. The van der Waals surface area contributed by atoms with Gasteiger partial charge in [-0.15, -0.1) is 10.2 Å². The number of carbonyl (C=O) groups excluding carboxylic acids is 1. The summed E-state index contributed by atoms with van der Waals surface area (Å²) in [5.74, 6) is 0.331. The zero-order valence-corrected chi connectivity index (χ0v) is 24.5. The van der Waals surface area contributed by atoms with Gasteiger partial charge in [0.1, 0.15) is 23.2 Å². The van der Waals surface area contributed by atoms with Gasteiger partial charge >= 0.3 is 0 Å². The molecule has 5 rings (SSSR count). The Bertz CT molecular complexity index is 1720. The molecule has 0 unspecified atom stereocenters. The van der Waals surface area contributed by atoms with Gasteiger partial charge in [0.15, 0.2) is 0 Å². The smallest absolute Gasteiger partial charge is 0.294 e. The number of aliphatic hydroxyl groups is 1. The normalized spacial score (nSPS) is 11.4. The lowest BCUT2D eigenvalue weighted by Gasteiger charge is -2.17. The lowest BCUT2D eigenvalue weighted by Crippen LogP contribution is -2.19. The summed E-state index contributed by atoms with van der Waals surface area (Å²) in [4.78, 5) is 20.1. The van der Waals surface area contributed by atoms with E-state index in [1.54, 1.807) is 56.4 Å². The fraction of sp³-hybridized carbons (Fsp3) is 0.212. The van der Waals surface area contributed by atoms with Crippen molar-refractivity contribution < 1.29 is 19.0 Å². The molecule has 1 amide bonds. The van der Waals surface area contributed by atoms with E-state index in [1.807, 2.05) is 36.4 Å². The van der Waals surface area contributed by atoms with Crippen molar-refractivity contribution in [3.63, 3.8) is 0 Å². The van der Waals surface area contributed by atoms with E-state index < -0.39 is 11.5 Å². The zero-order valence-electron chi connectivity index (χ0n) is 23.8. The van der Waals surface area contributed by atoms with Crippen LogP contribution < -0.4 is 10.1 Å². The number of hydrogen-bond donors (Lipinski definition) is 3. The number of pyridine rings is 1. The summed E-state index contributed by atoms with van der Waals surface area (Å²) >= 11 is 6.48. The van der Waals surface area contributed by atoms with Gasteiger partial charge < -0.3 is 20.1 Å². The zero-order chi connectivity index (χ0) is 30.4. The highest BCUT2D eigenvalue weighted by molar-refractivity contribution is 6.33. The Morgan fingerprint density at radius 3 is 2.60 bits per heavy atom. The average Bonchev–Trinajstić information content (AvgIpc) is 3.46. The predicted octanol–water partition coefficient (Wildman–Crippen LogP) is 7.10. The van der Waals surface area contributed by atoms with E-state index in [9.17, 15) is 14.3 Å². The first-order chi connectivity index (χ1) is 20.6. The van der Waals surface area contributed by atoms with Crippen molar-refractivity contribution in [2.24, 2.45) is 0 Å². The molecule has 0 saturated carbocycles. The van der Waals surface area contributed by atoms with Crippen LogP contribution in [0.25, 0.3) is 22.3 Å². The van der Waals surface area contributed by atoms with E-state index in [0.29, 0.717) is 47.2 Å². The number of H-pyrrole nitrogens is 1. The minimum absolute atomic E-state index is 0.0266. The number of aromatic nitrogens is 4. The highest BCUT2D eigenvalue weighted by Crippen LogP contribution is 2.32. The van der Waals surface area contributed by atoms with Gasteiger partial charge in [0.25, 0.3) is 5.91 Å². The summed E-state index contributed by atoms with van der Waals surface area (Å²) < 4.78 is 20.5. The second-order valence-corrected chi connectivity index (χ2v) is 11.2. The second kappa shape index (κ2) is 13.1. The minimum Gasteiger partial charge on any atom is -0.494 e. The lowest BCUT2D eigenvalue weighted by molar-refractivity contribution is 0.0641. The van der Waals surface area contributed by atoms with Crippen LogP contribution in [0.5, 0.6) is 5.75 Å². The van der Waals surface area contributed by atoms with Crippen molar-refractivity contribution in [2.45, 2.75) is 38.7 Å². The van der Waals surface area contributed by atoms with E-state index in [2.05, 4.69) is 25.5 Å². The number of rotatable bonds is 11. The molecule has 2 heterocycles. The molecule has 10 heteroatoms. The molecule has 0 radical (unpaired) electrons. The van der Waals surface area contributed by atoms with Crippen molar-refractivity contribution in [3.05, 3.63) is 113 Å². The van der Waals surface area contributed by atoms with Gasteiger partial charge in [0.05, 0.1) is 12.2 Å². The second-order valence-electron chi connectivity index (χ2n) is 10.8. The average molecular weight is 600 g/mol. The van der Waals surface area contributed by atoms with Crippen molar-refractivity contribution in [1.29, 1.82) is 0 Å². The van der Waals surface area contributed by atoms with Crippen molar-refractivity contribution >= 4 is 23.3 Å². The lowest BCUT2D eigenvalue weighted by atomic mass is 10.0. The number of carbonyl (C=O) groups is 1. The molecule has 0 aliphatic carbocycles. The molecule has 2 aromatic heterocycles. The van der Waals surface area contributed by atoms with E-state index in [0.717, 1.165) is 16.7 Å². The Hall–Kier alpha value is -4.60. The fourth-order valence-electron chi connectivity index (χ4n) is 4.53. The quantitative estimate of drug-likeness (QED) is 0.140. The van der Waals surface area contributed by atoms with E-state index in [4.69, 9.17) is 16.3 Å². The van der Waals surface area contributed by atoms with Crippen molar-refractivity contribution in [2.75, 3.05) is 11.9 Å². The van der Waals surface area contributed by atoms with Crippen LogP contribution >= 0.6 is 11.6 Å². The highest BCUT2D eigenvalue weighted by Gasteiger charge is 2.16. The standard InChI is InChI=1S/C33H31ClFN5O3/c1-33(2,42)14-6-16-43-25-10-11-27(34)26(20-25)23-13-15-36-29(18-23)38-32(41)31-37-30(39-40-31)19-24-17-22(9-12-28(24)35)21-7-4-3-5-8-21/h3-5,7-13,15,17-18,20,42H,6,14,16,19H2,1-2H3,(H,36,38,41)(H,37,39,40). The van der Waals surface area contributed by atoms with Gasteiger partial charge in [-0.25, -0.2) is 9.37 Å². The van der Waals surface area contributed by atoms with Crippen LogP contribution in [0, 0.1) is 5.82 Å². The van der Waals surface area contributed by atoms with Crippen LogP contribution in [-0.2, 0) is 6.42 Å². The molecular weight excluding hydrogens is 569 g/mol. The fourth-order valence-corrected chi connectivity index (χ4v) is 4.76. The summed E-state index contributed by atoms with van der Waals surface area (Å²) in [5.41, 5.74) is 2.97. The Morgan fingerprint density at radius 1 is 1.00 bits per heavy atom. The van der Waals surface area contributed by atoms with Crippen LogP contribution in [0.3, 0.4) is 0 Å². The molecule has 220 valence electrons. The largest absolute Gasteiger partial charge is 0.494 e. The summed E-state index contributed by atoms with van der Waals surface area (Å²) in [6.45, 7) is 3.98. The van der Waals surface area contributed by atoms with Crippen LogP contribution in [0.15, 0.2) is 85.1 Å². The van der Waals surface area contributed by atoms with Gasteiger partial charge in [-0.1, -0.05) is 48.0 Å². The van der Waals surface area contributed by atoms with Crippen molar-refractivity contribution in [3.8, 4) is 28.0 Å². The third kappa shape index (κ3) is 8.03. The first-order valence-corrected chi connectivity index (χ1v) is 14.2. The molecular formula is C33H31ClFN5O3. The molecule has 3 aromatic carbocycles. The summed E-state index contributed by atoms with van der Waals surface area (Å²) in [6.07, 6.45) is 3.01. The maximum atomic E-state index is 14.6. The summed E-state index contributed by atoms with van der Waals surface area (Å²) in [6, 6.07) is 23.4. The number of halogens is 2. The van der Waals surface area contributed by atoms with Gasteiger partial charge in [0.2, 0.25) is 5.82 Å². The molecule has 3 N–H and O–H groups in total. The highest BCUT2D eigenvalue weighted by atomic mass is 35.5. The first-order valence-electron chi connectivity index (χ1n) is 13.8. The number of hydrogen-bond acceptors (Lipinski definition) is 6. The van der Waals surface area contributed by atoms with E-state index in [-0.39, 0.29) is 23.9 Å². The van der Waals surface area contributed by atoms with Crippen LogP contribution in [0.4, 0.5) is 10.2 Å². The number of nitrogens with zero attached hydrogens (tertiary/aromatic N) is 3. The third-order valence-corrected chi connectivity index (χ3v) is 7.04. The summed E-state index contributed by atoms with van der Waals surface area (Å²) in [5, 5.41) is 21.1. The Labute approximate surface area is 254 Å². The number of benzene rings is 3. The first kappa shape index (κ1) is 29.9. The van der Waals surface area contributed by atoms with Crippen LogP contribution in [0.1, 0.15) is 48.7 Å². The number of ether oxygens (including phenoxy) is 1. The Kier molecular flexibility index (Phi) is 9.13. The molecule has 0 atom stereocenters. The van der Waals surface area contributed by atoms with Crippen molar-refractivity contribution in [1.82, 2.24) is 20.2 Å².